The van der Waals surface area contributed by atoms with Gasteiger partial charge in [-0.1, -0.05) is 288 Å². The van der Waals surface area contributed by atoms with E-state index in [1.54, 1.807) is 6.08 Å². The molecule has 8 atom stereocenters. The first-order chi connectivity index (χ1) is 39.7. The van der Waals surface area contributed by atoms with Crippen LogP contribution >= 0.6 is 0 Å². The van der Waals surface area contributed by atoms with Crippen LogP contribution in [-0.2, 0) is 23.8 Å². The summed E-state index contributed by atoms with van der Waals surface area (Å²) in [4.78, 5) is 26.6. The summed E-state index contributed by atoms with van der Waals surface area (Å²) in [6.07, 6.45) is 60.4. The first-order valence-electron chi connectivity index (χ1n) is 34.8. The Morgan fingerprint density at radius 1 is 0.469 bits per heavy atom. The Morgan fingerprint density at radius 2 is 0.815 bits per heavy atom. The Hall–Kier alpha value is -2.12. The minimum Gasteiger partial charge on any atom is -0.454 e. The van der Waals surface area contributed by atoms with Crippen LogP contribution in [0.3, 0.4) is 0 Å². The third-order valence-corrected chi connectivity index (χ3v) is 16.5. The van der Waals surface area contributed by atoms with Crippen molar-refractivity contribution in [3.05, 3.63) is 36.5 Å². The van der Waals surface area contributed by atoms with Crippen molar-refractivity contribution in [2.75, 3.05) is 13.2 Å². The van der Waals surface area contributed by atoms with Gasteiger partial charge in [0.15, 0.2) is 12.4 Å². The summed E-state index contributed by atoms with van der Waals surface area (Å²) in [5.41, 5.74) is 0. The van der Waals surface area contributed by atoms with E-state index >= 15 is 0 Å². The van der Waals surface area contributed by atoms with Gasteiger partial charge in [0.05, 0.1) is 25.4 Å². The molecule has 81 heavy (non-hydrogen) atoms. The van der Waals surface area contributed by atoms with Gasteiger partial charge in [-0.05, 0) is 77.0 Å². The second-order valence-corrected chi connectivity index (χ2v) is 24.3. The van der Waals surface area contributed by atoms with Crippen LogP contribution in [0.25, 0.3) is 0 Å². The van der Waals surface area contributed by atoms with Crippen LogP contribution < -0.4 is 5.32 Å². The number of unbranched alkanes of at least 4 members (excludes halogenated alkanes) is 42. The van der Waals surface area contributed by atoms with E-state index in [0.717, 1.165) is 70.6 Å². The minimum atomic E-state index is -1.61. The number of carbonyl (C=O) groups is 2. The molecule has 1 fully saturated rings. The summed E-state index contributed by atoms with van der Waals surface area (Å²) in [7, 11) is 0. The van der Waals surface area contributed by atoms with Crippen LogP contribution in [0.4, 0.5) is 0 Å². The first kappa shape index (κ1) is 76.9. The summed E-state index contributed by atoms with van der Waals surface area (Å²) in [5, 5.41) is 57.2. The van der Waals surface area contributed by atoms with Crippen LogP contribution in [0.5, 0.6) is 0 Å². The zero-order valence-corrected chi connectivity index (χ0v) is 52.9. The summed E-state index contributed by atoms with van der Waals surface area (Å²) in [5.74, 6) is -1.19. The highest BCUT2D eigenvalue weighted by atomic mass is 16.7. The molecule has 0 saturated carbocycles. The highest BCUT2D eigenvalue weighted by Gasteiger charge is 2.47. The number of rotatable bonds is 60. The van der Waals surface area contributed by atoms with E-state index < -0.39 is 67.4 Å². The quantitative estimate of drug-likeness (QED) is 0.0195. The molecule has 0 aromatic rings. The largest absolute Gasteiger partial charge is 0.454 e. The van der Waals surface area contributed by atoms with Crippen molar-refractivity contribution in [2.24, 2.45) is 0 Å². The van der Waals surface area contributed by atoms with Crippen LogP contribution in [0.15, 0.2) is 36.5 Å². The van der Waals surface area contributed by atoms with E-state index in [0.29, 0.717) is 12.8 Å². The summed E-state index contributed by atoms with van der Waals surface area (Å²) in [6.45, 7) is 5.82. The predicted molar refractivity (Wildman–Crippen MR) is 338 cm³/mol. The van der Waals surface area contributed by atoms with E-state index in [9.17, 15) is 35.1 Å². The molecule has 0 aromatic heterocycles. The third-order valence-electron chi connectivity index (χ3n) is 16.5. The van der Waals surface area contributed by atoms with Gasteiger partial charge in [0.25, 0.3) is 0 Å². The lowest BCUT2D eigenvalue weighted by atomic mass is 9.99. The minimum absolute atomic E-state index is 0.126. The van der Waals surface area contributed by atoms with Gasteiger partial charge >= 0.3 is 5.97 Å². The Labute approximate surface area is 498 Å². The van der Waals surface area contributed by atoms with Crippen molar-refractivity contribution < 1.29 is 49.3 Å². The van der Waals surface area contributed by atoms with Crippen LogP contribution in [0.2, 0.25) is 0 Å². The average molecular weight is 1150 g/mol. The van der Waals surface area contributed by atoms with Crippen LogP contribution in [-0.4, -0.2) is 99.6 Å². The van der Waals surface area contributed by atoms with Gasteiger partial charge in [-0.15, -0.1) is 0 Å². The van der Waals surface area contributed by atoms with E-state index in [1.165, 1.54) is 218 Å². The van der Waals surface area contributed by atoms with Crippen molar-refractivity contribution in [3.63, 3.8) is 0 Å². The van der Waals surface area contributed by atoms with E-state index in [1.807, 2.05) is 6.08 Å². The molecule has 1 saturated heterocycles. The Bertz CT molecular complexity index is 1460. The molecule has 0 spiro atoms. The molecule has 1 aliphatic rings. The van der Waals surface area contributed by atoms with E-state index in [2.05, 4.69) is 50.4 Å². The lowest BCUT2D eigenvalue weighted by Gasteiger charge is -2.41. The zero-order chi connectivity index (χ0) is 58.9. The molecular weight excluding hydrogens is 1010 g/mol. The van der Waals surface area contributed by atoms with Crippen LogP contribution in [0, 0.1) is 0 Å². The number of nitrogens with one attached hydrogen (secondary N) is 1. The average Bonchev–Trinajstić information content (AvgIpc) is 3.53. The van der Waals surface area contributed by atoms with Gasteiger partial charge in [0.1, 0.15) is 24.4 Å². The zero-order valence-electron chi connectivity index (χ0n) is 52.9. The Balaban J connectivity index is 2.59. The number of allylic oxidation sites excluding steroid dienone is 5. The van der Waals surface area contributed by atoms with Gasteiger partial charge in [-0.2, -0.15) is 0 Å². The molecule has 0 aliphatic carbocycles. The molecule has 0 bridgehead atoms. The van der Waals surface area contributed by atoms with Crippen molar-refractivity contribution in [2.45, 2.75) is 384 Å². The second kappa shape index (κ2) is 58.3. The maximum absolute atomic E-state index is 13.5. The molecule has 0 aromatic carbocycles. The number of aliphatic hydroxyl groups excluding tert-OH is 5. The number of hydrogen-bond donors (Lipinski definition) is 6. The third kappa shape index (κ3) is 45.9. The van der Waals surface area contributed by atoms with Crippen molar-refractivity contribution in [3.8, 4) is 0 Å². The Morgan fingerprint density at radius 3 is 1.20 bits per heavy atom. The van der Waals surface area contributed by atoms with Gasteiger partial charge in [0, 0.05) is 6.42 Å². The standard InChI is InChI=1S/C70H131NO10/c1-4-7-10-13-16-19-22-25-27-29-30-31-32-33-34-35-37-40-43-46-49-52-55-58-65(75)81-68-67(77)66(76)64(59-72)80-70(68)79-60-61(62(73)56-53-50-47-44-41-38-24-21-18-15-12-9-6-3)71-69(78)63(74)57-54-51-48-45-42-39-36-28-26-23-20-17-14-11-8-5-2/h25-28,53,56,61-64,66-68,70,72-74,76-77H,4-24,29-52,54-55,57-60H2,1-3H3,(H,71,78)/b27-25+,28-26+,56-53+. The van der Waals surface area contributed by atoms with Crippen molar-refractivity contribution in [1.29, 1.82) is 0 Å². The number of carbonyl (C=O) groups excluding carboxylic acids is 2. The fourth-order valence-electron chi connectivity index (χ4n) is 11.0. The molecule has 476 valence electrons. The van der Waals surface area contributed by atoms with E-state index in [4.69, 9.17) is 14.2 Å². The SMILES string of the molecule is CCCCCCCC/C=C/CCCCCCCCCCCCCCCC(=O)OC1C(OCC(NC(=O)C(O)CCCCCCCC/C=C/CCCCCCCC)C(O)/C=C/CCCCCCCCCCCCC)OC(CO)C(O)C1O. The molecular formula is C70H131NO10. The number of ether oxygens (including phenoxy) is 3. The van der Waals surface area contributed by atoms with Crippen molar-refractivity contribution in [1.82, 2.24) is 5.32 Å². The van der Waals surface area contributed by atoms with Crippen molar-refractivity contribution >= 4 is 11.9 Å². The van der Waals surface area contributed by atoms with Gasteiger partial charge in [-0.25, -0.2) is 0 Å². The summed E-state index contributed by atoms with van der Waals surface area (Å²) >= 11 is 0. The predicted octanol–water partition coefficient (Wildman–Crippen LogP) is 17.4. The smallest absolute Gasteiger partial charge is 0.306 e. The Kier molecular flexibility index (Phi) is 55.3. The number of esters is 1. The maximum Gasteiger partial charge on any atom is 0.306 e. The lowest BCUT2D eigenvalue weighted by Crippen LogP contribution is -2.61. The molecule has 0 radical (unpaired) electrons. The molecule has 1 amide bonds. The highest BCUT2D eigenvalue weighted by Crippen LogP contribution is 2.26. The topological polar surface area (TPSA) is 175 Å². The van der Waals surface area contributed by atoms with Gasteiger partial charge in [0.2, 0.25) is 5.91 Å². The number of aliphatic hydroxyl groups is 5. The summed E-state index contributed by atoms with van der Waals surface area (Å²) in [6, 6.07) is -1.02. The molecule has 8 unspecified atom stereocenters. The second-order valence-electron chi connectivity index (χ2n) is 24.3. The molecule has 1 heterocycles. The molecule has 6 N–H and O–H groups in total. The van der Waals surface area contributed by atoms with Gasteiger partial charge < -0.3 is 45.1 Å². The normalized spacial score (nSPS) is 18.8. The number of hydrogen-bond acceptors (Lipinski definition) is 10. The number of amides is 1. The molecule has 1 rings (SSSR count). The molecule has 1 aliphatic heterocycles. The monoisotopic (exact) mass is 1150 g/mol. The fraction of sp³-hybridized carbons (Fsp3) is 0.886. The summed E-state index contributed by atoms with van der Waals surface area (Å²) < 4.78 is 17.7. The molecule has 11 nitrogen and oxygen atoms in total. The lowest BCUT2D eigenvalue weighted by molar-refractivity contribution is -0.305. The van der Waals surface area contributed by atoms with Gasteiger partial charge in [-0.3, -0.25) is 9.59 Å². The highest BCUT2D eigenvalue weighted by molar-refractivity contribution is 5.80. The maximum atomic E-state index is 13.5. The molecule has 11 heteroatoms. The van der Waals surface area contributed by atoms with Crippen LogP contribution in [0.1, 0.15) is 335 Å². The fourth-order valence-corrected chi connectivity index (χ4v) is 11.0. The van der Waals surface area contributed by atoms with E-state index in [-0.39, 0.29) is 19.4 Å². The first-order valence-corrected chi connectivity index (χ1v) is 34.8.